The van der Waals surface area contributed by atoms with E-state index >= 15 is 0 Å². The monoisotopic (exact) mass is 140 g/mol. The molecule has 2 heteroatoms. The molecule has 1 aromatic carbocycles. The van der Waals surface area contributed by atoms with Crippen LogP contribution in [0.3, 0.4) is 0 Å². The van der Waals surface area contributed by atoms with E-state index in [9.17, 15) is 4.79 Å². The van der Waals surface area contributed by atoms with E-state index in [0.29, 0.717) is 0 Å². The molecule has 0 atom stereocenters. The summed E-state index contributed by atoms with van der Waals surface area (Å²) in [5, 5.41) is 0. The lowest BCUT2D eigenvalue weighted by molar-refractivity contribution is 0.112. The molecule has 0 unspecified atom stereocenters. The van der Waals surface area contributed by atoms with Gasteiger partial charge in [-0.25, -0.2) is 0 Å². The van der Waals surface area contributed by atoms with Gasteiger partial charge in [-0.05, 0) is 0 Å². The van der Waals surface area contributed by atoms with Gasteiger partial charge in [0.1, 0.15) is 6.29 Å². The van der Waals surface area contributed by atoms with Crippen molar-refractivity contribution in [1.29, 1.82) is 0 Å². The number of benzene rings is 1. The highest BCUT2D eigenvalue weighted by Gasteiger charge is 1.79. The maximum absolute atomic E-state index is 10.0. The molecular formula is C7H8OS. The van der Waals surface area contributed by atoms with Crippen molar-refractivity contribution in [2.45, 2.75) is 0 Å². The standard InChI is InChI=1S/C7H6O.H2S/c8-6-7-4-2-1-3-5-7;/h1-6H;1H2. The van der Waals surface area contributed by atoms with E-state index in [0.717, 1.165) is 11.8 Å². The highest BCUT2D eigenvalue weighted by molar-refractivity contribution is 7.59. The number of carbonyl (C=O) groups is 1. The Morgan fingerprint density at radius 1 is 1.11 bits per heavy atom. The van der Waals surface area contributed by atoms with Gasteiger partial charge in [0.15, 0.2) is 0 Å². The number of carbonyl (C=O) groups excluding carboxylic acids is 1. The quantitative estimate of drug-likeness (QED) is 0.542. The molecule has 0 bridgehead atoms. The molecule has 0 heterocycles. The van der Waals surface area contributed by atoms with Gasteiger partial charge in [-0.2, -0.15) is 13.5 Å². The lowest BCUT2D eigenvalue weighted by atomic mass is 10.2. The van der Waals surface area contributed by atoms with Crippen LogP contribution in [0.2, 0.25) is 0 Å². The summed E-state index contributed by atoms with van der Waals surface area (Å²) in [5.74, 6) is 0. The van der Waals surface area contributed by atoms with E-state index in [2.05, 4.69) is 0 Å². The lowest BCUT2D eigenvalue weighted by Gasteiger charge is -1.81. The fraction of sp³-hybridized carbons (Fsp3) is 0. The summed E-state index contributed by atoms with van der Waals surface area (Å²) in [7, 11) is 0. The van der Waals surface area contributed by atoms with Gasteiger partial charge < -0.3 is 0 Å². The fourth-order valence-electron chi connectivity index (χ4n) is 0.532. The van der Waals surface area contributed by atoms with Gasteiger partial charge in [-0.3, -0.25) is 4.79 Å². The van der Waals surface area contributed by atoms with Gasteiger partial charge in [-0.15, -0.1) is 0 Å². The summed E-state index contributed by atoms with van der Waals surface area (Å²) in [6.07, 6.45) is 0.833. The van der Waals surface area contributed by atoms with Crippen LogP contribution in [0.5, 0.6) is 0 Å². The highest BCUT2D eigenvalue weighted by Crippen LogP contribution is 1.91. The molecule has 0 aliphatic rings. The molecule has 0 saturated heterocycles. The van der Waals surface area contributed by atoms with Gasteiger partial charge in [0.25, 0.3) is 0 Å². The molecular weight excluding hydrogens is 132 g/mol. The van der Waals surface area contributed by atoms with Crippen molar-refractivity contribution in [2.75, 3.05) is 0 Å². The molecule has 0 N–H and O–H groups in total. The Labute approximate surface area is 61.2 Å². The van der Waals surface area contributed by atoms with Crippen molar-refractivity contribution < 1.29 is 4.79 Å². The van der Waals surface area contributed by atoms with Crippen LogP contribution < -0.4 is 0 Å². The molecule has 1 rings (SSSR count). The molecule has 1 nitrogen and oxygen atoms in total. The molecule has 48 valence electrons. The lowest BCUT2D eigenvalue weighted by Crippen LogP contribution is -1.73. The molecule has 0 spiro atoms. The normalized spacial score (nSPS) is 7.56. The van der Waals surface area contributed by atoms with Gasteiger partial charge in [-0.1, -0.05) is 30.3 Å². The summed E-state index contributed by atoms with van der Waals surface area (Å²) in [6, 6.07) is 9.10. The summed E-state index contributed by atoms with van der Waals surface area (Å²) in [6.45, 7) is 0. The molecule has 0 radical (unpaired) electrons. The Morgan fingerprint density at radius 3 is 2.00 bits per heavy atom. The van der Waals surface area contributed by atoms with E-state index in [1.165, 1.54) is 0 Å². The first-order valence-corrected chi connectivity index (χ1v) is 2.44. The second kappa shape index (κ2) is 4.15. The second-order valence-corrected chi connectivity index (χ2v) is 1.53. The average Bonchev–Trinajstić information content (AvgIpc) is 1.90. The first-order valence-electron chi connectivity index (χ1n) is 2.44. The first kappa shape index (κ1) is 8.24. The zero-order valence-electron chi connectivity index (χ0n) is 4.87. The van der Waals surface area contributed by atoms with E-state index in [-0.39, 0.29) is 13.5 Å². The third kappa shape index (κ3) is 2.33. The van der Waals surface area contributed by atoms with Crippen molar-refractivity contribution in [3.05, 3.63) is 35.9 Å². The zero-order valence-corrected chi connectivity index (χ0v) is 5.87. The van der Waals surface area contributed by atoms with Crippen molar-refractivity contribution in [3.8, 4) is 0 Å². The van der Waals surface area contributed by atoms with Gasteiger partial charge >= 0.3 is 0 Å². The third-order valence-electron chi connectivity index (χ3n) is 0.936. The Balaban J connectivity index is 0.000000640. The molecule has 0 amide bonds. The maximum Gasteiger partial charge on any atom is 0.150 e. The third-order valence-corrected chi connectivity index (χ3v) is 0.936. The average molecular weight is 140 g/mol. The summed E-state index contributed by atoms with van der Waals surface area (Å²) >= 11 is 0. The maximum atomic E-state index is 10.0. The second-order valence-electron chi connectivity index (χ2n) is 1.53. The minimum absolute atomic E-state index is 0. The molecule has 0 fully saturated rings. The van der Waals surface area contributed by atoms with Crippen LogP contribution in [0.1, 0.15) is 10.4 Å². The van der Waals surface area contributed by atoms with Crippen LogP contribution >= 0.6 is 13.5 Å². The predicted molar refractivity (Wildman–Crippen MR) is 42.2 cm³/mol. The Morgan fingerprint density at radius 2 is 1.67 bits per heavy atom. The van der Waals surface area contributed by atoms with Crippen LogP contribution in [0.15, 0.2) is 30.3 Å². The van der Waals surface area contributed by atoms with Gasteiger partial charge in [0.05, 0.1) is 0 Å². The van der Waals surface area contributed by atoms with E-state index in [4.69, 9.17) is 0 Å². The van der Waals surface area contributed by atoms with E-state index < -0.39 is 0 Å². The number of aldehydes is 1. The van der Waals surface area contributed by atoms with Gasteiger partial charge in [0.2, 0.25) is 0 Å². The van der Waals surface area contributed by atoms with Crippen LogP contribution in [-0.4, -0.2) is 6.29 Å². The minimum atomic E-state index is 0. The smallest absolute Gasteiger partial charge is 0.150 e. The van der Waals surface area contributed by atoms with Crippen LogP contribution in [-0.2, 0) is 0 Å². The van der Waals surface area contributed by atoms with Crippen molar-refractivity contribution in [2.24, 2.45) is 0 Å². The highest BCUT2D eigenvalue weighted by atomic mass is 32.1. The molecule has 0 aliphatic heterocycles. The summed E-state index contributed by atoms with van der Waals surface area (Å²) in [5.41, 5.74) is 0.729. The molecule has 1 aromatic rings. The molecule has 0 aromatic heterocycles. The Bertz CT molecular complexity index is 172. The molecule has 0 aliphatic carbocycles. The summed E-state index contributed by atoms with van der Waals surface area (Å²) in [4.78, 5) is 10.0. The van der Waals surface area contributed by atoms with Crippen molar-refractivity contribution in [1.82, 2.24) is 0 Å². The van der Waals surface area contributed by atoms with Crippen LogP contribution in [0.4, 0.5) is 0 Å². The fourth-order valence-corrected chi connectivity index (χ4v) is 0.532. The van der Waals surface area contributed by atoms with E-state index in [1.807, 2.05) is 18.2 Å². The summed E-state index contributed by atoms with van der Waals surface area (Å²) < 4.78 is 0. The SMILES string of the molecule is O=Cc1ccccc1.S. The Kier molecular flexibility index (Phi) is 3.80. The topological polar surface area (TPSA) is 17.1 Å². The van der Waals surface area contributed by atoms with Gasteiger partial charge in [0, 0.05) is 5.56 Å². The molecule has 9 heavy (non-hydrogen) atoms. The Hall–Kier alpha value is -0.760. The molecule has 0 saturated carbocycles. The van der Waals surface area contributed by atoms with Crippen molar-refractivity contribution in [3.63, 3.8) is 0 Å². The van der Waals surface area contributed by atoms with Crippen LogP contribution in [0, 0.1) is 0 Å². The van der Waals surface area contributed by atoms with Crippen LogP contribution in [0.25, 0.3) is 0 Å². The number of rotatable bonds is 1. The minimum Gasteiger partial charge on any atom is -0.298 e. The number of hydrogen-bond acceptors (Lipinski definition) is 1. The predicted octanol–water partition coefficient (Wildman–Crippen LogP) is 1.61. The zero-order chi connectivity index (χ0) is 5.82. The van der Waals surface area contributed by atoms with Crippen molar-refractivity contribution >= 4 is 19.8 Å². The largest absolute Gasteiger partial charge is 0.298 e. The first-order chi connectivity index (χ1) is 3.93. The van der Waals surface area contributed by atoms with E-state index in [1.54, 1.807) is 12.1 Å². The number of hydrogen-bond donors (Lipinski definition) is 0.